The summed E-state index contributed by atoms with van der Waals surface area (Å²) >= 11 is 5.84. The van der Waals surface area contributed by atoms with Crippen molar-refractivity contribution >= 4 is 17.4 Å². The van der Waals surface area contributed by atoms with Gasteiger partial charge in [-0.05, 0) is 36.8 Å². The highest BCUT2D eigenvalue weighted by Crippen LogP contribution is 2.28. The van der Waals surface area contributed by atoms with Gasteiger partial charge in [0.25, 0.3) is 0 Å². The Hall–Kier alpha value is -2.07. The molecule has 0 bridgehead atoms. The molecule has 0 unspecified atom stereocenters. The average Bonchev–Trinajstić information content (AvgIpc) is 2.36. The molecule has 0 saturated carbocycles. The molecule has 3 N–H and O–H groups in total. The fourth-order valence-corrected chi connectivity index (χ4v) is 1.74. The molecular formula is C14H12ClFN2O. The first-order valence-electron chi connectivity index (χ1n) is 5.55. The predicted octanol–water partition coefficient (Wildman–Crippen LogP) is 3.86. The molecule has 0 heterocycles. The molecule has 0 aliphatic rings. The number of amidine groups is 1. The zero-order valence-electron chi connectivity index (χ0n) is 10.2. The van der Waals surface area contributed by atoms with E-state index in [0.717, 1.165) is 0 Å². The summed E-state index contributed by atoms with van der Waals surface area (Å²) in [7, 11) is 0. The van der Waals surface area contributed by atoms with Gasteiger partial charge in [0.05, 0.1) is 5.56 Å². The topological polar surface area (TPSA) is 59.1 Å². The Labute approximate surface area is 115 Å². The lowest BCUT2D eigenvalue weighted by atomic mass is 10.2. The standard InChI is InChI=1S/C14H12ClFN2O/c1-8-2-4-10(7-12(8)16)19-13-5-3-9(15)6-11(13)14(17)18/h2-7H,1H3,(H3,17,18). The van der Waals surface area contributed by atoms with Crippen LogP contribution in [0.4, 0.5) is 4.39 Å². The third-order valence-electron chi connectivity index (χ3n) is 2.60. The van der Waals surface area contributed by atoms with Crippen LogP contribution < -0.4 is 10.5 Å². The van der Waals surface area contributed by atoms with Gasteiger partial charge in [-0.2, -0.15) is 0 Å². The number of benzene rings is 2. The van der Waals surface area contributed by atoms with E-state index in [9.17, 15) is 4.39 Å². The van der Waals surface area contributed by atoms with Gasteiger partial charge in [0.2, 0.25) is 0 Å². The van der Waals surface area contributed by atoms with Gasteiger partial charge in [-0.3, -0.25) is 5.41 Å². The van der Waals surface area contributed by atoms with E-state index in [0.29, 0.717) is 27.6 Å². The molecule has 2 rings (SSSR count). The summed E-state index contributed by atoms with van der Waals surface area (Å²) in [5.41, 5.74) is 6.37. The van der Waals surface area contributed by atoms with E-state index in [-0.39, 0.29) is 11.7 Å². The molecular weight excluding hydrogens is 267 g/mol. The summed E-state index contributed by atoms with van der Waals surface area (Å²) in [5.74, 6) is 0.189. The van der Waals surface area contributed by atoms with Gasteiger partial charge in [-0.1, -0.05) is 17.7 Å². The average molecular weight is 279 g/mol. The van der Waals surface area contributed by atoms with E-state index in [1.807, 2.05) is 0 Å². The molecule has 0 amide bonds. The normalized spacial score (nSPS) is 10.3. The molecule has 2 aromatic carbocycles. The third kappa shape index (κ3) is 3.03. The van der Waals surface area contributed by atoms with Gasteiger partial charge in [-0.25, -0.2) is 4.39 Å². The zero-order valence-corrected chi connectivity index (χ0v) is 11.0. The first kappa shape index (κ1) is 13.4. The Morgan fingerprint density at radius 2 is 2.00 bits per heavy atom. The first-order chi connectivity index (χ1) is 8.97. The number of hydrogen-bond acceptors (Lipinski definition) is 2. The molecule has 0 aliphatic carbocycles. The number of hydrogen-bond donors (Lipinski definition) is 2. The summed E-state index contributed by atoms with van der Waals surface area (Å²) in [6, 6.07) is 9.30. The molecule has 2 aromatic rings. The molecule has 0 aromatic heterocycles. The summed E-state index contributed by atoms with van der Waals surface area (Å²) in [6.45, 7) is 1.67. The van der Waals surface area contributed by atoms with Crippen molar-refractivity contribution in [2.75, 3.05) is 0 Å². The quantitative estimate of drug-likeness (QED) is 0.661. The molecule has 3 nitrogen and oxygen atoms in total. The Morgan fingerprint density at radius 1 is 1.26 bits per heavy atom. The molecule has 0 radical (unpaired) electrons. The molecule has 0 saturated heterocycles. The smallest absolute Gasteiger partial charge is 0.138 e. The summed E-state index contributed by atoms with van der Waals surface area (Å²) in [4.78, 5) is 0. The molecule has 0 fully saturated rings. The van der Waals surface area contributed by atoms with E-state index < -0.39 is 0 Å². The second-order valence-corrected chi connectivity index (χ2v) is 4.50. The van der Waals surface area contributed by atoms with Gasteiger partial charge < -0.3 is 10.5 Å². The second-order valence-electron chi connectivity index (χ2n) is 4.07. The van der Waals surface area contributed by atoms with Crippen molar-refractivity contribution in [2.45, 2.75) is 6.92 Å². The van der Waals surface area contributed by atoms with Gasteiger partial charge in [0.1, 0.15) is 23.2 Å². The zero-order chi connectivity index (χ0) is 14.0. The van der Waals surface area contributed by atoms with Crippen LogP contribution in [-0.4, -0.2) is 5.84 Å². The highest BCUT2D eigenvalue weighted by molar-refractivity contribution is 6.31. The highest BCUT2D eigenvalue weighted by Gasteiger charge is 2.09. The lowest BCUT2D eigenvalue weighted by Gasteiger charge is -2.11. The predicted molar refractivity (Wildman–Crippen MR) is 73.7 cm³/mol. The van der Waals surface area contributed by atoms with E-state index in [1.54, 1.807) is 31.2 Å². The minimum Gasteiger partial charge on any atom is -0.456 e. The van der Waals surface area contributed by atoms with E-state index in [1.165, 1.54) is 12.1 Å². The van der Waals surface area contributed by atoms with Crippen LogP contribution in [0.2, 0.25) is 5.02 Å². The van der Waals surface area contributed by atoms with E-state index in [2.05, 4.69) is 0 Å². The first-order valence-corrected chi connectivity index (χ1v) is 5.93. The van der Waals surface area contributed by atoms with Crippen LogP contribution in [0.25, 0.3) is 0 Å². The van der Waals surface area contributed by atoms with Crippen molar-refractivity contribution in [3.05, 3.63) is 58.4 Å². The van der Waals surface area contributed by atoms with Gasteiger partial charge >= 0.3 is 0 Å². The van der Waals surface area contributed by atoms with Crippen molar-refractivity contribution in [3.63, 3.8) is 0 Å². The monoisotopic (exact) mass is 278 g/mol. The summed E-state index contributed by atoms with van der Waals surface area (Å²) in [6.07, 6.45) is 0. The van der Waals surface area contributed by atoms with E-state index >= 15 is 0 Å². The fraction of sp³-hybridized carbons (Fsp3) is 0.0714. The Morgan fingerprint density at radius 3 is 2.63 bits per heavy atom. The molecule has 98 valence electrons. The highest BCUT2D eigenvalue weighted by atomic mass is 35.5. The number of nitrogen functional groups attached to an aromatic ring is 1. The molecule has 5 heteroatoms. The molecule has 0 atom stereocenters. The summed E-state index contributed by atoms with van der Waals surface area (Å²) in [5, 5.41) is 7.93. The number of aryl methyl sites for hydroxylation is 1. The number of nitrogens with one attached hydrogen (secondary N) is 1. The van der Waals surface area contributed by atoms with E-state index in [4.69, 9.17) is 27.5 Å². The Kier molecular flexibility index (Phi) is 3.71. The van der Waals surface area contributed by atoms with Crippen LogP contribution >= 0.6 is 11.6 Å². The molecule has 0 aliphatic heterocycles. The number of ether oxygens (including phenoxy) is 1. The maximum absolute atomic E-state index is 13.4. The number of nitrogens with two attached hydrogens (primary N) is 1. The van der Waals surface area contributed by atoms with Crippen molar-refractivity contribution in [1.29, 1.82) is 5.41 Å². The van der Waals surface area contributed by atoms with Crippen LogP contribution in [0, 0.1) is 18.2 Å². The van der Waals surface area contributed by atoms with Crippen LogP contribution in [0.1, 0.15) is 11.1 Å². The lowest BCUT2D eigenvalue weighted by molar-refractivity contribution is 0.475. The fourth-order valence-electron chi connectivity index (χ4n) is 1.57. The van der Waals surface area contributed by atoms with Crippen LogP contribution in [-0.2, 0) is 0 Å². The Bertz CT molecular complexity index is 643. The van der Waals surface area contributed by atoms with Gasteiger partial charge in [-0.15, -0.1) is 0 Å². The van der Waals surface area contributed by atoms with Crippen molar-refractivity contribution < 1.29 is 9.13 Å². The molecule has 0 spiro atoms. The lowest BCUT2D eigenvalue weighted by Crippen LogP contribution is -2.12. The van der Waals surface area contributed by atoms with Crippen LogP contribution in [0.3, 0.4) is 0 Å². The van der Waals surface area contributed by atoms with Crippen LogP contribution in [0.15, 0.2) is 36.4 Å². The second kappa shape index (κ2) is 5.28. The maximum atomic E-state index is 13.4. The van der Waals surface area contributed by atoms with Crippen LogP contribution in [0.5, 0.6) is 11.5 Å². The minimum atomic E-state index is -0.351. The van der Waals surface area contributed by atoms with Gasteiger partial charge in [0.15, 0.2) is 0 Å². The van der Waals surface area contributed by atoms with Gasteiger partial charge in [0, 0.05) is 11.1 Å². The largest absolute Gasteiger partial charge is 0.456 e. The number of halogens is 2. The van der Waals surface area contributed by atoms with Crippen molar-refractivity contribution in [2.24, 2.45) is 5.73 Å². The summed E-state index contributed by atoms with van der Waals surface area (Å²) < 4.78 is 19.0. The SMILES string of the molecule is Cc1ccc(Oc2ccc(Cl)cc2C(=N)N)cc1F. The van der Waals surface area contributed by atoms with Crippen molar-refractivity contribution in [1.82, 2.24) is 0 Å². The third-order valence-corrected chi connectivity index (χ3v) is 2.84. The Balaban J connectivity index is 2.37. The number of rotatable bonds is 3. The minimum absolute atomic E-state index is 0.162. The molecule has 19 heavy (non-hydrogen) atoms. The van der Waals surface area contributed by atoms with Crippen molar-refractivity contribution in [3.8, 4) is 11.5 Å². The maximum Gasteiger partial charge on any atom is 0.138 e.